The van der Waals surface area contributed by atoms with Gasteiger partial charge in [0.05, 0.1) is 0 Å². The van der Waals surface area contributed by atoms with Gasteiger partial charge in [-0.1, -0.05) is 12.1 Å². The number of rotatable bonds is 5. The summed E-state index contributed by atoms with van der Waals surface area (Å²) in [6.45, 7) is 4.63. The number of hydrogen-bond donors (Lipinski definition) is 1. The van der Waals surface area contributed by atoms with E-state index in [1.54, 1.807) is 18.5 Å². The van der Waals surface area contributed by atoms with Gasteiger partial charge in [0.2, 0.25) is 11.9 Å². The first-order valence-corrected chi connectivity index (χ1v) is 10.4. The average molecular weight is 393 g/mol. The lowest BCUT2D eigenvalue weighted by Gasteiger charge is -2.34. The number of piperazine rings is 1. The normalized spacial score (nSPS) is 16.8. The molecule has 1 saturated heterocycles. The highest BCUT2D eigenvalue weighted by Crippen LogP contribution is 2.18. The third-order valence-corrected chi connectivity index (χ3v) is 5.70. The Labute approximate surface area is 171 Å². The maximum absolute atomic E-state index is 12.6. The van der Waals surface area contributed by atoms with E-state index in [1.165, 1.54) is 11.1 Å². The molecule has 2 aliphatic rings. The van der Waals surface area contributed by atoms with Crippen LogP contribution in [0.4, 0.5) is 5.95 Å². The fraction of sp³-hybridized carbons (Fsp3) is 0.455. The monoisotopic (exact) mass is 393 g/mol. The lowest BCUT2D eigenvalue weighted by molar-refractivity contribution is -0.131. The Morgan fingerprint density at radius 1 is 0.931 bits per heavy atom. The Morgan fingerprint density at radius 3 is 2.41 bits per heavy atom. The van der Waals surface area contributed by atoms with E-state index in [9.17, 15) is 9.59 Å². The Bertz CT molecular complexity index is 863. The molecule has 2 aromatic rings. The Balaban J connectivity index is 1.28. The van der Waals surface area contributed by atoms with Crippen molar-refractivity contribution in [3.05, 3.63) is 53.3 Å². The molecule has 0 bridgehead atoms. The molecule has 2 aliphatic heterocycles. The van der Waals surface area contributed by atoms with Crippen LogP contribution in [0.25, 0.3) is 0 Å². The molecular formula is C22H27N5O2. The SMILES string of the molecule is O=C(CCC(=O)N1CCN(c2ncccn2)CC1)c1ccc2c(c1)CCNCC2. The predicted molar refractivity (Wildman–Crippen MR) is 111 cm³/mol. The maximum atomic E-state index is 12.6. The smallest absolute Gasteiger partial charge is 0.225 e. The Morgan fingerprint density at radius 2 is 1.66 bits per heavy atom. The molecule has 152 valence electrons. The lowest BCUT2D eigenvalue weighted by Crippen LogP contribution is -2.49. The minimum absolute atomic E-state index is 0.0472. The summed E-state index contributed by atoms with van der Waals surface area (Å²) in [6.07, 6.45) is 5.93. The zero-order valence-corrected chi connectivity index (χ0v) is 16.6. The quantitative estimate of drug-likeness (QED) is 0.776. The number of aromatic nitrogens is 2. The van der Waals surface area contributed by atoms with Gasteiger partial charge in [-0.15, -0.1) is 0 Å². The maximum Gasteiger partial charge on any atom is 0.225 e. The highest BCUT2D eigenvalue weighted by molar-refractivity contribution is 5.98. The van der Waals surface area contributed by atoms with Crippen molar-refractivity contribution >= 4 is 17.6 Å². The summed E-state index contributed by atoms with van der Waals surface area (Å²) < 4.78 is 0. The van der Waals surface area contributed by atoms with Crippen LogP contribution >= 0.6 is 0 Å². The van der Waals surface area contributed by atoms with Crippen molar-refractivity contribution in [3.63, 3.8) is 0 Å². The number of hydrogen-bond acceptors (Lipinski definition) is 6. The largest absolute Gasteiger partial charge is 0.339 e. The topological polar surface area (TPSA) is 78.4 Å². The van der Waals surface area contributed by atoms with Crippen molar-refractivity contribution in [3.8, 4) is 0 Å². The van der Waals surface area contributed by atoms with Crippen LogP contribution in [0.5, 0.6) is 0 Å². The van der Waals surface area contributed by atoms with E-state index in [-0.39, 0.29) is 24.5 Å². The number of ketones is 1. The minimum atomic E-state index is 0.0472. The molecule has 29 heavy (non-hydrogen) atoms. The van der Waals surface area contributed by atoms with E-state index in [2.05, 4.69) is 26.3 Å². The third-order valence-electron chi connectivity index (χ3n) is 5.70. The summed E-state index contributed by atoms with van der Waals surface area (Å²) in [5.74, 6) is 0.800. The molecule has 0 spiro atoms. The first-order valence-electron chi connectivity index (χ1n) is 10.4. The van der Waals surface area contributed by atoms with Gasteiger partial charge in [0.15, 0.2) is 5.78 Å². The van der Waals surface area contributed by atoms with Crippen LogP contribution < -0.4 is 10.2 Å². The molecule has 1 aromatic heterocycles. The van der Waals surface area contributed by atoms with E-state index < -0.39 is 0 Å². The molecule has 1 N–H and O–H groups in total. The van der Waals surface area contributed by atoms with E-state index in [1.807, 2.05) is 17.0 Å². The summed E-state index contributed by atoms with van der Waals surface area (Å²) >= 11 is 0. The molecule has 1 aromatic carbocycles. The van der Waals surface area contributed by atoms with Gasteiger partial charge < -0.3 is 15.1 Å². The highest BCUT2D eigenvalue weighted by atomic mass is 16.2. The van der Waals surface area contributed by atoms with Gasteiger partial charge in [0, 0.05) is 57.0 Å². The minimum Gasteiger partial charge on any atom is -0.339 e. The van der Waals surface area contributed by atoms with Crippen LogP contribution in [0.3, 0.4) is 0 Å². The molecule has 7 nitrogen and oxygen atoms in total. The second-order valence-corrected chi connectivity index (χ2v) is 7.57. The number of carbonyl (C=O) groups is 2. The molecule has 0 unspecified atom stereocenters. The highest BCUT2D eigenvalue weighted by Gasteiger charge is 2.23. The predicted octanol–water partition coefficient (Wildman–Crippen LogP) is 1.48. The summed E-state index contributed by atoms with van der Waals surface area (Å²) in [6, 6.07) is 7.80. The molecule has 1 amide bonds. The van der Waals surface area contributed by atoms with Crippen molar-refractivity contribution in [2.45, 2.75) is 25.7 Å². The number of anilines is 1. The molecule has 3 heterocycles. The molecule has 0 saturated carbocycles. The van der Waals surface area contributed by atoms with E-state index in [4.69, 9.17) is 0 Å². The van der Waals surface area contributed by atoms with Crippen molar-refractivity contribution < 1.29 is 9.59 Å². The molecule has 0 aliphatic carbocycles. The number of fused-ring (bicyclic) bond motifs is 1. The molecular weight excluding hydrogens is 366 g/mol. The van der Waals surface area contributed by atoms with Gasteiger partial charge in [-0.25, -0.2) is 9.97 Å². The van der Waals surface area contributed by atoms with Gasteiger partial charge in [0.1, 0.15) is 0 Å². The first-order chi connectivity index (χ1) is 14.2. The third kappa shape index (κ3) is 4.79. The van der Waals surface area contributed by atoms with Crippen molar-refractivity contribution in [2.24, 2.45) is 0 Å². The van der Waals surface area contributed by atoms with E-state index in [0.717, 1.165) is 31.5 Å². The molecule has 7 heteroatoms. The van der Waals surface area contributed by atoms with Gasteiger partial charge in [-0.2, -0.15) is 0 Å². The van der Waals surface area contributed by atoms with Gasteiger partial charge >= 0.3 is 0 Å². The number of carbonyl (C=O) groups excluding carboxylic acids is 2. The fourth-order valence-electron chi connectivity index (χ4n) is 3.98. The molecule has 4 rings (SSSR count). The molecule has 0 radical (unpaired) electrons. The molecule has 1 fully saturated rings. The Hall–Kier alpha value is -2.80. The lowest BCUT2D eigenvalue weighted by atomic mass is 9.97. The standard InChI is InChI=1S/C22H27N5O2/c28-20(19-3-2-17-6-10-23-11-7-18(17)16-19)4-5-21(29)26-12-14-27(15-13-26)22-24-8-1-9-25-22/h1-3,8-9,16,23H,4-7,10-15H2. The summed E-state index contributed by atoms with van der Waals surface area (Å²) in [7, 11) is 0. The average Bonchev–Trinajstić information content (AvgIpc) is 3.03. The van der Waals surface area contributed by atoms with Crippen LogP contribution in [0, 0.1) is 0 Å². The summed E-state index contributed by atoms with van der Waals surface area (Å²) in [5.41, 5.74) is 3.30. The van der Waals surface area contributed by atoms with Gasteiger partial charge in [0.25, 0.3) is 0 Å². The van der Waals surface area contributed by atoms with E-state index in [0.29, 0.717) is 32.1 Å². The van der Waals surface area contributed by atoms with Crippen molar-refractivity contribution in [2.75, 3.05) is 44.2 Å². The zero-order valence-electron chi connectivity index (χ0n) is 16.6. The van der Waals surface area contributed by atoms with Crippen LogP contribution in [-0.2, 0) is 17.6 Å². The number of nitrogens with zero attached hydrogens (tertiary/aromatic N) is 4. The van der Waals surface area contributed by atoms with Gasteiger partial charge in [-0.3, -0.25) is 9.59 Å². The number of Topliss-reactive ketones (excluding diaryl/α,β-unsaturated/α-hetero) is 1. The van der Waals surface area contributed by atoms with Crippen LogP contribution in [0.2, 0.25) is 0 Å². The van der Waals surface area contributed by atoms with E-state index >= 15 is 0 Å². The first kappa shape index (κ1) is 19.5. The summed E-state index contributed by atoms with van der Waals surface area (Å²) in [4.78, 5) is 37.7. The fourth-order valence-corrected chi connectivity index (χ4v) is 3.98. The van der Waals surface area contributed by atoms with Crippen LogP contribution in [-0.4, -0.2) is 65.8 Å². The number of benzene rings is 1. The zero-order chi connectivity index (χ0) is 20.1. The van der Waals surface area contributed by atoms with Crippen molar-refractivity contribution in [1.29, 1.82) is 0 Å². The number of amides is 1. The van der Waals surface area contributed by atoms with Crippen LogP contribution in [0.1, 0.15) is 34.3 Å². The second-order valence-electron chi connectivity index (χ2n) is 7.57. The van der Waals surface area contributed by atoms with Gasteiger partial charge in [-0.05, 0) is 49.2 Å². The molecule has 0 atom stereocenters. The van der Waals surface area contributed by atoms with Crippen LogP contribution in [0.15, 0.2) is 36.7 Å². The number of nitrogens with one attached hydrogen (secondary N) is 1. The Kier molecular flexibility index (Phi) is 6.14. The summed E-state index contributed by atoms with van der Waals surface area (Å²) in [5, 5.41) is 3.39. The second kappa shape index (κ2) is 9.13. The van der Waals surface area contributed by atoms with Crippen molar-refractivity contribution in [1.82, 2.24) is 20.2 Å².